The molecule has 2 aromatic carbocycles. The molecule has 0 bridgehead atoms. The second-order valence-electron chi connectivity index (χ2n) is 5.93. The molecule has 0 saturated heterocycles. The number of nitrogens with zero attached hydrogens (tertiary/aromatic N) is 1. The third kappa shape index (κ3) is 4.91. The lowest BCUT2D eigenvalue weighted by atomic mass is 10.1. The van der Waals surface area contributed by atoms with Gasteiger partial charge in [-0.2, -0.15) is 0 Å². The van der Waals surface area contributed by atoms with E-state index in [1.807, 2.05) is 24.3 Å². The number of methoxy groups -OCH3 is 1. The molecule has 0 spiro atoms. The van der Waals surface area contributed by atoms with Crippen molar-refractivity contribution < 1.29 is 22.8 Å². The van der Waals surface area contributed by atoms with Crippen molar-refractivity contribution in [3.63, 3.8) is 0 Å². The van der Waals surface area contributed by atoms with Crippen molar-refractivity contribution in [1.29, 1.82) is 0 Å². The van der Waals surface area contributed by atoms with E-state index in [1.54, 1.807) is 7.11 Å². The van der Waals surface area contributed by atoms with Crippen LogP contribution in [-0.4, -0.2) is 24.7 Å². The molecular formula is C20H18F2N2O3. The highest BCUT2D eigenvalue weighted by molar-refractivity contribution is 5.78. The van der Waals surface area contributed by atoms with Crippen molar-refractivity contribution in [3.8, 4) is 17.1 Å². The van der Waals surface area contributed by atoms with E-state index in [2.05, 4.69) is 10.5 Å². The van der Waals surface area contributed by atoms with Gasteiger partial charge in [-0.3, -0.25) is 4.79 Å². The van der Waals surface area contributed by atoms with Gasteiger partial charge in [0.05, 0.1) is 24.8 Å². The van der Waals surface area contributed by atoms with E-state index in [0.717, 1.165) is 23.4 Å². The second kappa shape index (κ2) is 8.44. The third-order valence-electron chi connectivity index (χ3n) is 3.99. The van der Waals surface area contributed by atoms with E-state index < -0.39 is 11.6 Å². The first-order valence-electron chi connectivity index (χ1n) is 8.36. The van der Waals surface area contributed by atoms with Crippen molar-refractivity contribution in [2.24, 2.45) is 0 Å². The van der Waals surface area contributed by atoms with Gasteiger partial charge in [-0.15, -0.1) is 0 Å². The zero-order chi connectivity index (χ0) is 19.2. The largest absolute Gasteiger partial charge is 0.497 e. The minimum absolute atomic E-state index is 0.00886. The minimum atomic E-state index is -0.748. The molecule has 3 aromatic rings. The molecule has 140 valence electrons. The zero-order valence-corrected chi connectivity index (χ0v) is 14.7. The van der Waals surface area contributed by atoms with Crippen molar-refractivity contribution >= 4 is 5.91 Å². The highest BCUT2D eigenvalue weighted by atomic mass is 19.1. The van der Waals surface area contributed by atoms with Crippen molar-refractivity contribution in [3.05, 3.63) is 71.4 Å². The van der Waals surface area contributed by atoms with Gasteiger partial charge in [0.15, 0.2) is 5.76 Å². The lowest BCUT2D eigenvalue weighted by Crippen LogP contribution is -2.27. The predicted octanol–water partition coefficient (Wildman–Crippen LogP) is 3.53. The summed E-state index contributed by atoms with van der Waals surface area (Å²) in [6, 6.07) is 12.2. The molecule has 3 rings (SSSR count). The van der Waals surface area contributed by atoms with Crippen LogP contribution < -0.4 is 10.1 Å². The van der Waals surface area contributed by atoms with Gasteiger partial charge in [0.2, 0.25) is 5.91 Å². The maximum atomic E-state index is 13.8. The van der Waals surface area contributed by atoms with Crippen LogP contribution in [-0.2, 0) is 17.6 Å². The second-order valence-corrected chi connectivity index (χ2v) is 5.93. The third-order valence-corrected chi connectivity index (χ3v) is 3.99. The number of amides is 1. The Kier molecular flexibility index (Phi) is 5.80. The number of hydrogen-bond donors (Lipinski definition) is 1. The predicted molar refractivity (Wildman–Crippen MR) is 95.3 cm³/mol. The summed E-state index contributed by atoms with van der Waals surface area (Å²) in [6.07, 6.45) is 0.690. The summed E-state index contributed by atoms with van der Waals surface area (Å²) in [7, 11) is 1.61. The SMILES string of the molecule is COc1ccc(CCNC(=O)Cc2cc(-c3ccc(F)cc3F)on2)cc1. The molecule has 1 N–H and O–H groups in total. The van der Waals surface area contributed by atoms with Gasteiger partial charge in [0, 0.05) is 18.7 Å². The van der Waals surface area contributed by atoms with Crippen LogP contribution in [0.1, 0.15) is 11.3 Å². The molecule has 1 heterocycles. The summed E-state index contributed by atoms with van der Waals surface area (Å²) in [6.45, 7) is 0.475. The molecule has 0 saturated carbocycles. The van der Waals surface area contributed by atoms with Gasteiger partial charge >= 0.3 is 0 Å². The fourth-order valence-corrected chi connectivity index (χ4v) is 2.58. The molecule has 0 unspecified atom stereocenters. The van der Waals surface area contributed by atoms with Gasteiger partial charge in [-0.05, 0) is 36.2 Å². The lowest BCUT2D eigenvalue weighted by Gasteiger charge is -2.05. The van der Waals surface area contributed by atoms with E-state index in [0.29, 0.717) is 18.7 Å². The van der Waals surface area contributed by atoms with Gasteiger partial charge < -0.3 is 14.6 Å². The molecule has 27 heavy (non-hydrogen) atoms. The Labute approximate surface area is 154 Å². The Morgan fingerprint density at radius 1 is 1.15 bits per heavy atom. The quantitative estimate of drug-likeness (QED) is 0.689. The van der Waals surface area contributed by atoms with Crippen LogP contribution in [0.15, 0.2) is 53.1 Å². The normalized spacial score (nSPS) is 10.6. The number of nitrogens with one attached hydrogen (secondary N) is 1. The highest BCUT2D eigenvalue weighted by Crippen LogP contribution is 2.24. The monoisotopic (exact) mass is 372 g/mol. The molecule has 1 amide bonds. The first-order chi connectivity index (χ1) is 13.0. The van der Waals surface area contributed by atoms with Crippen LogP contribution in [0.25, 0.3) is 11.3 Å². The Hall–Kier alpha value is -3.22. The number of aromatic nitrogens is 1. The zero-order valence-electron chi connectivity index (χ0n) is 14.7. The summed E-state index contributed by atoms with van der Waals surface area (Å²) >= 11 is 0. The fraction of sp³-hybridized carbons (Fsp3) is 0.200. The van der Waals surface area contributed by atoms with Crippen molar-refractivity contribution in [1.82, 2.24) is 10.5 Å². The maximum Gasteiger partial charge on any atom is 0.226 e. The lowest BCUT2D eigenvalue weighted by molar-refractivity contribution is -0.120. The number of hydrogen-bond acceptors (Lipinski definition) is 4. The Balaban J connectivity index is 1.51. The van der Waals surface area contributed by atoms with Crippen LogP contribution in [0, 0.1) is 11.6 Å². The number of carbonyl (C=O) groups is 1. The molecule has 0 aliphatic heterocycles. The molecule has 0 aliphatic rings. The standard InChI is InChI=1S/C20H18F2N2O3/c1-26-16-5-2-13(3-6-16)8-9-23-20(25)12-15-11-19(27-24-15)17-7-4-14(21)10-18(17)22/h2-7,10-11H,8-9,12H2,1H3,(H,23,25). The molecule has 0 aliphatic carbocycles. The van der Waals surface area contributed by atoms with E-state index in [1.165, 1.54) is 12.1 Å². The molecule has 0 radical (unpaired) electrons. The number of benzene rings is 2. The summed E-state index contributed by atoms with van der Waals surface area (Å²) < 4.78 is 36.9. The maximum absolute atomic E-state index is 13.8. The fourth-order valence-electron chi connectivity index (χ4n) is 2.58. The average Bonchev–Trinajstić information content (AvgIpc) is 3.10. The minimum Gasteiger partial charge on any atom is -0.497 e. The van der Waals surface area contributed by atoms with E-state index in [9.17, 15) is 13.6 Å². The Morgan fingerprint density at radius 2 is 1.93 bits per heavy atom. The molecule has 0 fully saturated rings. The van der Waals surface area contributed by atoms with Crippen LogP contribution >= 0.6 is 0 Å². The number of halogens is 2. The van der Waals surface area contributed by atoms with Gasteiger partial charge in [0.25, 0.3) is 0 Å². The molecule has 1 aromatic heterocycles. The summed E-state index contributed by atoms with van der Waals surface area (Å²) in [5, 5.41) is 6.57. The van der Waals surface area contributed by atoms with Crippen molar-refractivity contribution in [2.45, 2.75) is 12.8 Å². The summed E-state index contributed by atoms with van der Waals surface area (Å²) in [5.74, 6) is -0.715. The van der Waals surface area contributed by atoms with Crippen LogP contribution in [0.5, 0.6) is 5.75 Å². The van der Waals surface area contributed by atoms with Gasteiger partial charge in [0.1, 0.15) is 17.4 Å². The topological polar surface area (TPSA) is 64.4 Å². The van der Waals surface area contributed by atoms with E-state index in [-0.39, 0.29) is 23.7 Å². The number of rotatable bonds is 7. The molecule has 7 heteroatoms. The first-order valence-corrected chi connectivity index (χ1v) is 8.36. The van der Waals surface area contributed by atoms with E-state index in [4.69, 9.17) is 9.26 Å². The summed E-state index contributed by atoms with van der Waals surface area (Å²) in [4.78, 5) is 12.0. The van der Waals surface area contributed by atoms with Crippen LogP contribution in [0.4, 0.5) is 8.78 Å². The summed E-state index contributed by atoms with van der Waals surface area (Å²) in [5.41, 5.74) is 1.54. The highest BCUT2D eigenvalue weighted by Gasteiger charge is 2.14. The van der Waals surface area contributed by atoms with Crippen LogP contribution in [0.3, 0.4) is 0 Å². The van der Waals surface area contributed by atoms with Crippen molar-refractivity contribution in [2.75, 3.05) is 13.7 Å². The first kappa shape index (κ1) is 18.6. The Morgan fingerprint density at radius 3 is 2.63 bits per heavy atom. The average molecular weight is 372 g/mol. The van der Waals surface area contributed by atoms with E-state index >= 15 is 0 Å². The van der Waals surface area contributed by atoms with Gasteiger partial charge in [-0.25, -0.2) is 8.78 Å². The number of carbonyl (C=O) groups excluding carboxylic acids is 1. The molecular weight excluding hydrogens is 354 g/mol. The molecule has 0 atom stereocenters. The van der Waals surface area contributed by atoms with Crippen LogP contribution in [0.2, 0.25) is 0 Å². The molecule has 5 nitrogen and oxygen atoms in total. The van der Waals surface area contributed by atoms with Gasteiger partial charge in [-0.1, -0.05) is 17.3 Å². The number of ether oxygens (including phenoxy) is 1. The smallest absolute Gasteiger partial charge is 0.226 e. The Bertz CT molecular complexity index is 923.